The van der Waals surface area contributed by atoms with E-state index in [2.05, 4.69) is 59.4 Å². The maximum absolute atomic E-state index is 13.4. The zero-order valence-corrected chi connectivity index (χ0v) is 24.5. The second-order valence-corrected chi connectivity index (χ2v) is 11.7. The Morgan fingerprint density at radius 2 is 1.72 bits per heavy atom. The van der Waals surface area contributed by atoms with Gasteiger partial charge in [-0.3, -0.25) is 4.79 Å². The number of carboxylic acids is 1. The highest BCUT2D eigenvalue weighted by Gasteiger charge is 2.39. The number of nitrogens with one attached hydrogen (secondary N) is 1. The molecule has 0 saturated carbocycles. The topological polar surface area (TPSA) is 66.4 Å². The van der Waals surface area contributed by atoms with Crippen molar-refractivity contribution in [3.05, 3.63) is 103 Å². The van der Waals surface area contributed by atoms with Gasteiger partial charge in [-0.05, 0) is 98.5 Å². The van der Waals surface area contributed by atoms with E-state index in [1.807, 2.05) is 29.6 Å². The summed E-state index contributed by atoms with van der Waals surface area (Å²) in [5, 5.41) is 14.7. The highest BCUT2D eigenvalue weighted by Crippen LogP contribution is 2.47. The van der Waals surface area contributed by atoms with Crippen molar-refractivity contribution in [1.82, 2.24) is 5.32 Å². The van der Waals surface area contributed by atoms with Gasteiger partial charge in [-0.15, -0.1) is 11.3 Å². The zero-order valence-electron chi connectivity index (χ0n) is 21.3. The summed E-state index contributed by atoms with van der Waals surface area (Å²) in [7, 11) is 0. The Kier molecular flexibility index (Phi) is 9.09. The minimum Gasteiger partial charge on any atom is -0.477 e. The second-order valence-electron chi connectivity index (χ2n) is 9.55. The number of thiophene rings is 1. The Morgan fingerprint density at radius 3 is 2.33 bits per heavy atom. The smallest absolute Gasteiger partial charge is 0.376 e. The van der Waals surface area contributed by atoms with Crippen LogP contribution in [0.2, 0.25) is 5.02 Å². The van der Waals surface area contributed by atoms with E-state index >= 15 is 0 Å². The summed E-state index contributed by atoms with van der Waals surface area (Å²) in [6, 6.07) is 19.1. The number of hydrogen-bond donors (Lipinski definition) is 2. The van der Waals surface area contributed by atoms with Gasteiger partial charge in [0.2, 0.25) is 0 Å². The average molecular weight is 635 g/mol. The molecular weight excluding hydrogens is 608 g/mol. The molecule has 204 valence electrons. The van der Waals surface area contributed by atoms with Crippen LogP contribution in [0.5, 0.6) is 0 Å². The predicted molar refractivity (Wildman–Crippen MR) is 157 cm³/mol. The Balaban J connectivity index is 1.73. The molecule has 4 nitrogen and oxygen atoms in total. The molecule has 4 rings (SSSR count). The molecule has 9 heteroatoms. The third kappa shape index (κ3) is 6.51. The maximum atomic E-state index is 13.4. The van der Waals surface area contributed by atoms with Gasteiger partial charge in [0.05, 0.1) is 6.54 Å². The molecule has 39 heavy (non-hydrogen) atoms. The number of carbonyl (C=O) groups excluding carboxylic acids is 1. The van der Waals surface area contributed by atoms with E-state index in [0.717, 1.165) is 34.0 Å². The number of amides is 1. The monoisotopic (exact) mass is 633 g/mol. The van der Waals surface area contributed by atoms with Gasteiger partial charge in [0.25, 0.3) is 5.91 Å². The summed E-state index contributed by atoms with van der Waals surface area (Å²) in [6.07, 6.45) is 1.79. The standard InChI is InChI=1S/C30H27BrClF2NO3S/c1-3-4-22(18-5-7-20(8-6-18)28(36)35-16-30(33,34)29(37)38)26(19-9-11-21(32)12-10-19)24-15-39-27-23(24)13-17(2)14-25(27)31/h5-15,22,26H,3-4,16H2,1-2H3,(H,35,36)(H,37,38)/t22-,26?/m1/s1. The number of aliphatic carboxylic acids is 1. The first-order valence-electron chi connectivity index (χ1n) is 12.4. The molecule has 0 spiro atoms. The van der Waals surface area contributed by atoms with Gasteiger partial charge in [0.1, 0.15) is 0 Å². The minimum atomic E-state index is -4.04. The van der Waals surface area contributed by atoms with E-state index in [4.69, 9.17) is 16.7 Å². The summed E-state index contributed by atoms with van der Waals surface area (Å²) in [4.78, 5) is 23.1. The molecule has 1 heterocycles. The Bertz CT molecular complexity index is 1490. The van der Waals surface area contributed by atoms with Crippen LogP contribution >= 0.6 is 38.9 Å². The van der Waals surface area contributed by atoms with Crippen LogP contribution in [0.15, 0.2) is 70.5 Å². The molecule has 2 N–H and O–H groups in total. The third-order valence-electron chi connectivity index (χ3n) is 6.75. The van der Waals surface area contributed by atoms with Gasteiger partial charge >= 0.3 is 11.9 Å². The van der Waals surface area contributed by atoms with Crippen molar-refractivity contribution in [2.45, 2.75) is 44.4 Å². The Morgan fingerprint density at radius 1 is 1.08 bits per heavy atom. The summed E-state index contributed by atoms with van der Waals surface area (Å²) in [5.41, 5.74) is 4.67. The van der Waals surface area contributed by atoms with Crippen LogP contribution in [0.4, 0.5) is 8.78 Å². The first-order chi connectivity index (χ1) is 18.5. The summed E-state index contributed by atoms with van der Waals surface area (Å²) >= 11 is 11.6. The molecule has 1 unspecified atom stereocenters. The highest BCUT2D eigenvalue weighted by molar-refractivity contribution is 9.10. The number of carbonyl (C=O) groups is 2. The molecular formula is C30H27BrClF2NO3S. The normalized spacial score (nSPS) is 13.3. The molecule has 0 bridgehead atoms. The lowest BCUT2D eigenvalue weighted by Gasteiger charge is -2.29. The lowest BCUT2D eigenvalue weighted by molar-refractivity contribution is -0.163. The Labute approximate surface area is 243 Å². The van der Waals surface area contributed by atoms with Crippen LogP contribution in [0.25, 0.3) is 10.1 Å². The fourth-order valence-electron chi connectivity index (χ4n) is 4.88. The summed E-state index contributed by atoms with van der Waals surface area (Å²) in [6.45, 7) is 2.92. The van der Waals surface area contributed by atoms with Gasteiger partial charge < -0.3 is 10.4 Å². The number of fused-ring (bicyclic) bond motifs is 1. The van der Waals surface area contributed by atoms with E-state index in [0.29, 0.717) is 5.02 Å². The second kappa shape index (κ2) is 12.1. The molecule has 4 aromatic rings. The molecule has 3 aromatic carbocycles. The lowest BCUT2D eigenvalue weighted by Crippen LogP contribution is -2.42. The van der Waals surface area contributed by atoms with E-state index in [1.54, 1.807) is 23.5 Å². The van der Waals surface area contributed by atoms with Crippen molar-refractivity contribution in [1.29, 1.82) is 0 Å². The van der Waals surface area contributed by atoms with Crippen LogP contribution in [0.3, 0.4) is 0 Å². The van der Waals surface area contributed by atoms with Crippen molar-refractivity contribution in [2.75, 3.05) is 6.54 Å². The fraction of sp³-hybridized carbons (Fsp3) is 0.267. The average Bonchev–Trinajstić information content (AvgIpc) is 3.32. The quantitative estimate of drug-likeness (QED) is 0.183. The van der Waals surface area contributed by atoms with E-state index in [-0.39, 0.29) is 17.4 Å². The lowest BCUT2D eigenvalue weighted by atomic mass is 9.75. The number of rotatable bonds is 10. The molecule has 0 aliphatic carbocycles. The van der Waals surface area contributed by atoms with E-state index in [9.17, 15) is 18.4 Å². The zero-order chi connectivity index (χ0) is 28.3. The largest absolute Gasteiger partial charge is 0.477 e. The minimum absolute atomic E-state index is 0.00129. The molecule has 0 fully saturated rings. The van der Waals surface area contributed by atoms with Crippen molar-refractivity contribution < 1.29 is 23.5 Å². The Hall–Kier alpha value is -2.81. The molecule has 2 atom stereocenters. The number of hydrogen-bond acceptors (Lipinski definition) is 3. The van der Waals surface area contributed by atoms with Crippen LogP contribution in [-0.4, -0.2) is 29.5 Å². The van der Waals surface area contributed by atoms with Gasteiger partial charge in [-0.2, -0.15) is 8.78 Å². The highest BCUT2D eigenvalue weighted by atomic mass is 79.9. The summed E-state index contributed by atoms with van der Waals surface area (Å²) in [5.74, 6) is -7.02. The predicted octanol–water partition coefficient (Wildman–Crippen LogP) is 8.79. The third-order valence-corrected chi connectivity index (χ3v) is 8.94. The number of halogens is 4. The van der Waals surface area contributed by atoms with E-state index < -0.39 is 24.3 Å². The van der Waals surface area contributed by atoms with Crippen molar-refractivity contribution in [3.8, 4) is 0 Å². The number of alkyl halides is 2. The van der Waals surface area contributed by atoms with Crippen molar-refractivity contribution in [2.24, 2.45) is 0 Å². The van der Waals surface area contributed by atoms with Crippen LogP contribution in [0.1, 0.15) is 64.2 Å². The van der Waals surface area contributed by atoms with Crippen molar-refractivity contribution >= 4 is 60.8 Å². The van der Waals surface area contributed by atoms with E-state index in [1.165, 1.54) is 15.6 Å². The molecule has 0 radical (unpaired) electrons. The fourth-order valence-corrected chi connectivity index (χ4v) is 6.85. The first-order valence-corrected chi connectivity index (χ1v) is 14.5. The molecule has 0 saturated heterocycles. The number of benzene rings is 3. The van der Waals surface area contributed by atoms with Gasteiger partial charge in [-0.25, -0.2) is 4.79 Å². The first kappa shape index (κ1) is 29.2. The maximum Gasteiger partial charge on any atom is 0.376 e. The molecule has 0 aliphatic heterocycles. The summed E-state index contributed by atoms with van der Waals surface area (Å²) < 4.78 is 29.1. The van der Waals surface area contributed by atoms with Crippen LogP contribution in [-0.2, 0) is 4.79 Å². The van der Waals surface area contributed by atoms with Gasteiger partial charge in [0, 0.05) is 25.7 Å². The number of carboxylic acid groups (broad SMARTS) is 1. The molecule has 0 aliphatic rings. The number of aryl methyl sites for hydroxylation is 1. The SMILES string of the molecule is CCC[C@H](c1ccc(C(=O)NCC(F)(F)C(=O)O)cc1)C(c1ccc(Cl)cc1)c1csc2c(Br)cc(C)cc12. The van der Waals surface area contributed by atoms with Gasteiger partial charge in [0.15, 0.2) is 0 Å². The van der Waals surface area contributed by atoms with Gasteiger partial charge in [-0.1, -0.05) is 55.3 Å². The molecule has 1 aromatic heterocycles. The van der Waals surface area contributed by atoms with Crippen LogP contribution in [0, 0.1) is 6.92 Å². The molecule has 1 amide bonds. The van der Waals surface area contributed by atoms with Crippen LogP contribution < -0.4 is 5.32 Å². The van der Waals surface area contributed by atoms with Crippen molar-refractivity contribution in [3.63, 3.8) is 0 Å².